The topological polar surface area (TPSA) is 61.8 Å². The van der Waals surface area contributed by atoms with Crippen molar-refractivity contribution >= 4 is 11.8 Å². The Balaban J connectivity index is 1.95. The number of hydrogen-bond acceptors (Lipinski definition) is 5. The van der Waals surface area contributed by atoms with Crippen LogP contribution in [0.4, 0.5) is 0 Å². The van der Waals surface area contributed by atoms with Gasteiger partial charge in [0.1, 0.15) is 12.4 Å². The monoisotopic (exact) mass is 290 g/mol. The summed E-state index contributed by atoms with van der Waals surface area (Å²) in [4.78, 5) is 24.4. The van der Waals surface area contributed by atoms with Crippen molar-refractivity contribution in [1.29, 1.82) is 0 Å². The van der Waals surface area contributed by atoms with Gasteiger partial charge in [0.05, 0.1) is 30.6 Å². The van der Waals surface area contributed by atoms with Crippen LogP contribution in [0, 0.1) is 5.92 Å². The zero-order chi connectivity index (χ0) is 15.0. The highest BCUT2D eigenvalue weighted by Crippen LogP contribution is 2.50. The molecular formula is C16H18O5. The molecule has 5 nitrogen and oxygen atoms in total. The van der Waals surface area contributed by atoms with Crippen molar-refractivity contribution < 1.29 is 23.8 Å². The van der Waals surface area contributed by atoms with Gasteiger partial charge in [0.15, 0.2) is 5.78 Å². The third-order valence-electron chi connectivity index (χ3n) is 4.30. The molecule has 1 atom stereocenters. The summed E-state index contributed by atoms with van der Waals surface area (Å²) >= 11 is 0. The molecule has 0 saturated heterocycles. The molecule has 1 aromatic carbocycles. The van der Waals surface area contributed by atoms with E-state index in [2.05, 4.69) is 0 Å². The molecule has 1 heterocycles. The first kappa shape index (κ1) is 14.1. The largest absolute Gasteiger partial charge is 0.492 e. The summed E-state index contributed by atoms with van der Waals surface area (Å²) in [5.74, 6) is 0.0727. The lowest BCUT2D eigenvalue weighted by atomic mass is 9.89. The Morgan fingerprint density at radius 3 is 2.76 bits per heavy atom. The van der Waals surface area contributed by atoms with E-state index in [-0.39, 0.29) is 17.7 Å². The molecule has 112 valence electrons. The minimum atomic E-state index is -0.571. The van der Waals surface area contributed by atoms with Gasteiger partial charge in [-0.15, -0.1) is 0 Å². The van der Waals surface area contributed by atoms with Gasteiger partial charge in [-0.25, -0.2) is 0 Å². The van der Waals surface area contributed by atoms with E-state index >= 15 is 0 Å². The summed E-state index contributed by atoms with van der Waals surface area (Å²) in [6.45, 7) is 0.672. The highest BCUT2D eigenvalue weighted by molar-refractivity contribution is 6.02. The lowest BCUT2D eigenvalue weighted by Crippen LogP contribution is -2.31. The molecule has 0 spiro atoms. The van der Waals surface area contributed by atoms with E-state index in [0.29, 0.717) is 24.5 Å². The van der Waals surface area contributed by atoms with Crippen LogP contribution < -0.4 is 4.74 Å². The Morgan fingerprint density at radius 1 is 1.38 bits per heavy atom. The van der Waals surface area contributed by atoms with Gasteiger partial charge < -0.3 is 14.2 Å². The van der Waals surface area contributed by atoms with E-state index in [0.717, 1.165) is 18.4 Å². The molecule has 1 aromatic rings. The molecule has 0 amide bonds. The number of methoxy groups -OCH3 is 2. The fourth-order valence-corrected chi connectivity index (χ4v) is 2.89. The molecule has 0 aromatic heterocycles. The zero-order valence-corrected chi connectivity index (χ0v) is 12.2. The van der Waals surface area contributed by atoms with E-state index in [1.807, 2.05) is 6.07 Å². The molecule has 1 saturated carbocycles. The van der Waals surface area contributed by atoms with Crippen LogP contribution >= 0.6 is 0 Å². The molecule has 5 heteroatoms. The van der Waals surface area contributed by atoms with Gasteiger partial charge in [0.25, 0.3) is 0 Å². The van der Waals surface area contributed by atoms with E-state index in [1.54, 1.807) is 19.2 Å². The van der Waals surface area contributed by atoms with Crippen LogP contribution in [-0.4, -0.2) is 39.2 Å². The number of benzene rings is 1. The van der Waals surface area contributed by atoms with Crippen molar-refractivity contribution in [2.24, 2.45) is 5.92 Å². The molecule has 1 aliphatic heterocycles. The molecule has 21 heavy (non-hydrogen) atoms. The molecular weight excluding hydrogens is 272 g/mol. The van der Waals surface area contributed by atoms with Crippen molar-refractivity contribution in [2.75, 3.05) is 27.4 Å². The van der Waals surface area contributed by atoms with Gasteiger partial charge in [0.2, 0.25) is 0 Å². The second-order valence-corrected chi connectivity index (χ2v) is 5.61. The normalized spacial score (nSPS) is 22.2. The molecule has 2 aliphatic rings. The Morgan fingerprint density at radius 2 is 2.14 bits per heavy atom. The van der Waals surface area contributed by atoms with Crippen LogP contribution in [0.2, 0.25) is 0 Å². The van der Waals surface area contributed by atoms with Crippen LogP contribution in [0.1, 0.15) is 28.8 Å². The van der Waals surface area contributed by atoms with E-state index in [9.17, 15) is 9.59 Å². The fraction of sp³-hybridized carbons (Fsp3) is 0.500. The smallest absolute Gasteiger partial charge is 0.316 e. The van der Waals surface area contributed by atoms with Gasteiger partial charge in [-0.2, -0.15) is 0 Å². The van der Waals surface area contributed by atoms with E-state index < -0.39 is 5.41 Å². The Labute approximate surface area is 123 Å². The first-order chi connectivity index (χ1) is 10.1. The highest BCUT2D eigenvalue weighted by Gasteiger charge is 2.53. The van der Waals surface area contributed by atoms with Gasteiger partial charge in [-0.05, 0) is 30.5 Å². The number of rotatable bonds is 4. The average Bonchev–Trinajstić information content (AvgIpc) is 3.31. The Bertz CT molecular complexity index is 588. The van der Waals surface area contributed by atoms with Gasteiger partial charge in [-0.1, -0.05) is 6.07 Å². The number of carbonyl (C=O) groups is 2. The molecule has 0 bridgehead atoms. The Hall–Kier alpha value is -1.88. The predicted molar refractivity (Wildman–Crippen MR) is 74.6 cm³/mol. The number of hydrogen-bond donors (Lipinski definition) is 0. The fourth-order valence-electron chi connectivity index (χ4n) is 2.89. The standard InChI is InChI=1S/C16H18O5/c1-19-8-10-9-21-13-4-3-11(7-12(13)14(10)17)16(5-6-16)15(18)20-2/h3-4,7,10H,5-6,8-9H2,1-2H3. The summed E-state index contributed by atoms with van der Waals surface area (Å²) in [5, 5.41) is 0. The number of esters is 1. The summed E-state index contributed by atoms with van der Waals surface area (Å²) in [7, 11) is 2.96. The van der Waals surface area contributed by atoms with Crippen LogP contribution in [0.25, 0.3) is 0 Å². The van der Waals surface area contributed by atoms with Crippen molar-refractivity contribution in [2.45, 2.75) is 18.3 Å². The van der Waals surface area contributed by atoms with Gasteiger partial charge in [0, 0.05) is 7.11 Å². The number of fused-ring (bicyclic) bond motifs is 1. The lowest BCUT2D eigenvalue weighted by Gasteiger charge is -2.25. The lowest BCUT2D eigenvalue weighted by molar-refractivity contribution is -0.143. The van der Waals surface area contributed by atoms with Gasteiger partial charge in [-0.3, -0.25) is 9.59 Å². The SMILES string of the molecule is COCC1COc2ccc(C3(C(=O)OC)CC3)cc2C1=O. The minimum Gasteiger partial charge on any atom is -0.492 e. The maximum absolute atomic E-state index is 12.5. The molecule has 1 fully saturated rings. The third kappa shape index (κ3) is 2.21. The Kier molecular flexibility index (Phi) is 3.45. The third-order valence-corrected chi connectivity index (χ3v) is 4.30. The number of carbonyl (C=O) groups excluding carboxylic acids is 2. The zero-order valence-electron chi connectivity index (χ0n) is 12.2. The van der Waals surface area contributed by atoms with E-state index in [4.69, 9.17) is 14.2 Å². The summed E-state index contributed by atoms with van der Waals surface area (Å²) in [6.07, 6.45) is 1.52. The minimum absolute atomic E-state index is 0.0145. The van der Waals surface area contributed by atoms with Crippen molar-refractivity contribution in [3.63, 3.8) is 0 Å². The summed E-state index contributed by atoms with van der Waals surface area (Å²) in [6, 6.07) is 5.41. The highest BCUT2D eigenvalue weighted by atomic mass is 16.5. The molecule has 3 rings (SSSR count). The molecule has 0 radical (unpaired) electrons. The van der Waals surface area contributed by atoms with Crippen molar-refractivity contribution in [3.05, 3.63) is 29.3 Å². The molecule has 1 unspecified atom stereocenters. The van der Waals surface area contributed by atoms with Crippen LogP contribution in [0.5, 0.6) is 5.75 Å². The second-order valence-electron chi connectivity index (χ2n) is 5.61. The van der Waals surface area contributed by atoms with Crippen molar-refractivity contribution in [3.8, 4) is 5.75 Å². The number of ketones is 1. The van der Waals surface area contributed by atoms with Crippen molar-refractivity contribution in [1.82, 2.24) is 0 Å². The summed E-state index contributed by atoms with van der Waals surface area (Å²) < 4.78 is 15.6. The van der Waals surface area contributed by atoms with Gasteiger partial charge >= 0.3 is 5.97 Å². The van der Waals surface area contributed by atoms with Crippen LogP contribution in [0.3, 0.4) is 0 Å². The van der Waals surface area contributed by atoms with Crippen LogP contribution in [0.15, 0.2) is 18.2 Å². The number of ether oxygens (including phenoxy) is 3. The quantitative estimate of drug-likeness (QED) is 0.790. The molecule has 1 aliphatic carbocycles. The predicted octanol–water partition coefficient (Wildman–Crippen LogP) is 1.73. The van der Waals surface area contributed by atoms with E-state index in [1.165, 1.54) is 7.11 Å². The first-order valence-corrected chi connectivity index (χ1v) is 7.01. The maximum atomic E-state index is 12.5. The first-order valence-electron chi connectivity index (χ1n) is 7.01. The second kappa shape index (κ2) is 5.15. The maximum Gasteiger partial charge on any atom is 0.316 e. The molecule has 0 N–H and O–H groups in total. The number of Topliss-reactive ketones (excluding diaryl/α,β-unsaturated/α-hetero) is 1. The summed E-state index contributed by atoms with van der Waals surface area (Å²) in [5.41, 5.74) is 0.803. The average molecular weight is 290 g/mol. The van der Waals surface area contributed by atoms with Crippen LogP contribution in [-0.2, 0) is 19.7 Å².